The monoisotopic (exact) mass is 833 g/mol. The standard InChI is InChI=1S/C44H41F6N5O5/c1-59-41(43(45,46)47,31-11-5-3-6-12-31)39(57)54-25-9-15-35(54)37-51-27-34(53-37)30-19-17-28(18-20-30)29-21-23-33(24-22-29)52-38(56)36-16-10-26-55(36)40(58)42(60-2,44(48,49)50)32-13-7-4-8-14-32/h3-8,11-14,17-24,27,35-36H,9-10,15-16,25-26H2,1-2H3,(H,51,53)(H,52,56)/t35-,36-,41-,42-/m0/s1. The molecule has 60 heavy (non-hydrogen) atoms. The molecule has 2 fully saturated rings. The lowest BCUT2D eigenvalue weighted by molar-refractivity contribution is -0.271. The van der Waals surface area contributed by atoms with Gasteiger partial charge in [0.2, 0.25) is 5.91 Å². The van der Waals surface area contributed by atoms with Gasteiger partial charge in [0.05, 0.1) is 17.9 Å². The Balaban J connectivity index is 1.02. The lowest BCUT2D eigenvalue weighted by Gasteiger charge is -2.38. The number of hydrogen-bond acceptors (Lipinski definition) is 6. The number of likely N-dealkylation sites (tertiary alicyclic amines) is 2. The van der Waals surface area contributed by atoms with Gasteiger partial charge in [-0.1, -0.05) is 97.1 Å². The molecule has 7 rings (SSSR count). The van der Waals surface area contributed by atoms with Crippen molar-refractivity contribution in [2.75, 3.05) is 32.6 Å². The predicted molar refractivity (Wildman–Crippen MR) is 209 cm³/mol. The number of H-pyrrole nitrogens is 1. The highest BCUT2D eigenvalue weighted by Gasteiger charge is 2.66. The fraction of sp³-hybridized carbons (Fsp3) is 0.318. The minimum Gasteiger partial charge on any atom is -0.356 e. The van der Waals surface area contributed by atoms with Crippen molar-refractivity contribution >= 4 is 23.4 Å². The van der Waals surface area contributed by atoms with E-state index < -0.39 is 53.4 Å². The molecule has 4 atom stereocenters. The summed E-state index contributed by atoms with van der Waals surface area (Å²) in [5.74, 6) is -2.86. The summed E-state index contributed by atoms with van der Waals surface area (Å²) in [6, 6.07) is 25.8. The number of alkyl halides is 6. The first kappa shape index (κ1) is 42.1. The van der Waals surface area contributed by atoms with Crippen molar-refractivity contribution in [1.82, 2.24) is 19.8 Å². The molecule has 2 aliphatic rings. The number of hydrogen-bond donors (Lipinski definition) is 2. The molecule has 2 aliphatic heterocycles. The molecule has 0 aliphatic carbocycles. The van der Waals surface area contributed by atoms with Crippen LogP contribution in [0.4, 0.5) is 32.0 Å². The van der Waals surface area contributed by atoms with E-state index in [0.29, 0.717) is 36.5 Å². The zero-order valence-electron chi connectivity index (χ0n) is 32.5. The summed E-state index contributed by atoms with van der Waals surface area (Å²) >= 11 is 0. The van der Waals surface area contributed by atoms with Crippen LogP contribution in [0.15, 0.2) is 115 Å². The third-order valence-electron chi connectivity index (χ3n) is 11.3. The lowest BCUT2D eigenvalue weighted by Crippen LogP contribution is -2.59. The van der Waals surface area contributed by atoms with Gasteiger partial charge in [-0.3, -0.25) is 14.4 Å². The van der Waals surface area contributed by atoms with Crippen LogP contribution in [0.1, 0.15) is 48.7 Å². The number of carbonyl (C=O) groups is 3. The SMILES string of the molecule is CO[C@](C(=O)N1CCC[C@H]1C(=O)Nc1ccc(-c2ccc(-c3cnc([C@@H]4CCCN4C(=O)[C@@](OC)(c4ccccc4)C(F)(F)F)[nH]3)cc2)cc1)(c1ccccc1)C(F)(F)F. The number of aromatic amines is 1. The minimum atomic E-state index is -5.11. The van der Waals surface area contributed by atoms with Gasteiger partial charge in [-0.15, -0.1) is 0 Å². The summed E-state index contributed by atoms with van der Waals surface area (Å²) < 4.78 is 98.0. The fourth-order valence-corrected chi connectivity index (χ4v) is 8.25. The second-order valence-electron chi connectivity index (χ2n) is 14.6. The molecule has 16 heteroatoms. The molecule has 0 saturated carbocycles. The summed E-state index contributed by atoms with van der Waals surface area (Å²) in [6.45, 7) is 0.0410. The second kappa shape index (κ2) is 16.6. The molecule has 0 bridgehead atoms. The van der Waals surface area contributed by atoms with E-state index in [4.69, 9.17) is 9.47 Å². The predicted octanol–water partition coefficient (Wildman–Crippen LogP) is 8.55. The van der Waals surface area contributed by atoms with Crippen LogP contribution in [0.25, 0.3) is 22.4 Å². The Bertz CT molecular complexity index is 2300. The van der Waals surface area contributed by atoms with E-state index in [1.807, 2.05) is 24.3 Å². The molecule has 0 radical (unpaired) electrons. The van der Waals surface area contributed by atoms with Crippen LogP contribution in [-0.4, -0.2) is 83.2 Å². The number of ether oxygens (including phenoxy) is 2. The Labute approximate surface area is 341 Å². The molecule has 1 aromatic heterocycles. The Kier molecular flexibility index (Phi) is 11.6. The van der Waals surface area contributed by atoms with Gasteiger partial charge >= 0.3 is 12.4 Å². The maximum absolute atomic E-state index is 14.7. The number of carbonyl (C=O) groups excluding carboxylic acids is 3. The van der Waals surface area contributed by atoms with Crippen molar-refractivity contribution < 1.29 is 50.2 Å². The van der Waals surface area contributed by atoms with Crippen molar-refractivity contribution in [3.05, 3.63) is 132 Å². The number of benzene rings is 4. The molecule has 3 heterocycles. The van der Waals surface area contributed by atoms with Crippen molar-refractivity contribution in [2.24, 2.45) is 0 Å². The number of rotatable bonds is 11. The molecule has 10 nitrogen and oxygen atoms in total. The van der Waals surface area contributed by atoms with Crippen LogP contribution in [0.2, 0.25) is 0 Å². The quantitative estimate of drug-likeness (QED) is 0.129. The fourth-order valence-electron chi connectivity index (χ4n) is 8.25. The Hall–Kier alpha value is -6.00. The average Bonchev–Trinajstić information content (AvgIpc) is 4.04. The zero-order chi connectivity index (χ0) is 42.9. The first-order valence-electron chi connectivity index (χ1n) is 19.2. The maximum atomic E-state index is 14.7. The Morgan fingerprint density at radius 1 is 0.650 bits per heavy atom. The average molecular weight is 834 g/mol. The number of nitrogens with one attached hydrogen (secondary N) is 2. The number of amides is 3. The Morgan fingerprint density at radius 3 is 1.63 bits per heavy atom. The summed E-state index contributed by atoms with van der Waals surface area (Å²) in [5, 5.41) is 2.74. The van der Waals surface area contributed by atoms with E-state index in [2.05, 4.69) is 15.3 Å². The lowest BCUT2D eigenvalue weighted by atomic mass is 9.90. The Morgan fingerprint density at radius 2 is 1.12 bits per heavy atom. The largest absolute Gasteiger partial charge is 0.430 e. The van der Waals surface area contributed by atoms with Crippen molar-refractivity contribution in [1.29, 1.82) is 0 Å². The number of nitrogens with zero attached hydrogens (tertiary/aromatic N) is 3. The third-order valence-corrected chi connectivity index (χ3v) is 11.3. The molecule has 2 saturated heterocycles. The molecule has 4 aromatic carbocycles. The van der Waals surface area contributed by atoms with Gasteiger partial charge < -0.3 is 29.6 Å². The summed E-state index contributed by atoms with van der Waals surface area (Å²) in [7, 11) is 1.71. The highest BCUT2D eigenvalue weighted by Crippen LogP contribution is 2.47. The van der Waals surface area contributed by atoms with Crippen LogP contribution in [0.3, 0.4) is 0 Å². The van der Waals surface area contributed by atoms with Gasteiger partial charge in [0.1, 0.15) is 11.9 Å². The maximum Gasteiger partial charge on any atom is 0.430 e. The van der Waals surface area contributed by atoms with Crippen molar-refractivity contribution in [2.45, 2.75) is 61.3 Å². The van der Waals surface area contributed by atoms with Crippen molar-refractivity contribution in [3.8, 4) is 22.4 Å². The van der Waals surface area contributed by atoms with Gasteiger partial charge in [-0.2, -0.15) is 26.3 Å². The molecule has 3 amide bonds. The van der Waals surface area contributed by atoms with E-state index in [9.17, 15) is 40.7 Å². The first-order valence-corrected chi connectivity index (χ1v) is 19.2. The molecule has 0 spiro atoms. The normalized spacial score (nSPS) is 19.1. The third kappa shape index (κ3) is 7.42. The molecule has 5 aromatic rings. The van der Waals surface area contributed by atoms with E-state index in [0.717, 1.165) is 35.8 Å². The number of aromatic nitrogens is 2. The van der Waals surface area contributed by atoms with Crippen LogP contribution in [0.5, 0.6) is 0 Å². The summed E-state index contributed by atoms with van der Waals surface area (Å²) in [6.07, 6.45) is -7.21. The number of imidazole rings is 1. The van der Waals surface area contributed by atoms with Crippen LogP contribution in [-0.2, 0) is 35.1 Å². The molecule has 0 unspecified atom stereocenters. The zero-order valence-corrected chi connectivity index (χ0v) is 32.5. The number of methoxy groups -OCH3 is 2. The molecular formula is C44H41F6N5O5. The molecular weight excluding hydrogens is 793 g/mol. The second-order valence-corrected chi connectivity index (χ2v) is 14.6. The van der Waals surface area contributed by atoms with Gasteiger partial charge in [-0.25, -0.2) is 4.98 Å². The highest BCUT2D eigenvalue weighted by molar-refractivity contribution is 5.99. The van der Waals surface area contributed by atoms with Crippen LogP contribution >= 0.6 is 0 Å². The number of halogens is 6. The van der Waals surface area contributed by atoms with E-state index in [1.54, 1.807) is 36.5 Å². The van der Waals surface area contributed by atoms with Gasteiger partial charge in [0.25, 0.3) is 23.0 Å². The summed E-state index contributed by atoms with van der Waals surface area (Å²) in [4.78, 5) is 50.7. The van der Waals surface area contributed by atoms with Crippen LogP contribution < -0.4 is 5.32 Å². The molecule has 2 N–H and O–H groups in total. The molecule has 314 valence electrons. The van der Waals surface area contributed by atoms with Gasteiger partial charge in [-0.05, 0) is 54.5 Å². The minimum absolute atomic E-state index is 0.0514. The first-order chi connectivity index (χ1) is 28.7. The van der Waals surface area contributed by atoms with Crippen molar-refractivity contribution in [3.63, 3.8) is 0 Å². The highest BCUT2D eigenvalue weighted by atomic mass is 19.4. The van der Waals surface area contributed by atoms with E-state index in [1.165, 1.54) is 59.5 Å². The topological polar surface area (TPSA) is 117 Å². The van der Waals surface area contributed by atoms with E-state index in [-0.39, 0.29) is 30.6 Å². The van der Waals surface area contributed by atoms with Gasteiger partial charge in [0, 0.05) is 44.1 Å². The van der Waals surface area contributed by atoms with Gasteiger partial charge in [0.15, 0.2) is 0 Å². The number of anilines is 1. The smallest absolute Gasteiger partial charge is 0.356 e. The van der Waals surface area contributed by atoms with Crippen LogP contribution in [0, 0.1) is 0 Å². The summed E-state index contributed by atoms with van der Waals surface area (Å²) in [5.41, 5.74) is -3.89. The van der Waals surface area contributed by atoms with E-state index >= 15 is 0 Å².